The number of anilines is 1. The molecule has 2 rings (SSSR count). The number of hydrogen-bond donors (Lipinski definition) is 2. The van der Waals surface area contributed by atoms with Gasteiger partial charge in [-0.25, -0.2) is 0 Å². The highest BCUT2D eigenvalue weighted by atomic mass is 127. The number of benzene rings is 1. The fourth-order valence-corrected chi connectivity index (χ4v) is 1.85. The van der Waals surface area contributed by atoms with E-state index in [9.17, 15) is 0 Å². The van der Waals surface area contributed by atoms with Crippen molar-refractivity contribution in [1.29, 1.82) is 0 Å². The molecule has 1 aromatic rings. The van der Waals surface area contributed by atoms with Crippen LogP contribution >= 0.6 is 22.6 Å². The molecule has 3 heteroatoms. The molecule has 12 heavy (non-hydrogen) atoms. The lowest BCUT2D eigenvalue weighted by Crippen LogP contribution is -2.20. The number of hydrogen-bond acceptors (Lipinski definition) is 2. The van der Waals surface area contributed by atoms with E-state index in [0.29, 0.717) is 0 Å². The second-order valence-electron chi connectivity index (χ2n) is 3.39. The zero-order chi connectivity index (χ0) is 8.77. The fourth-order valence-electron chi connectivity index (χ4n) is 1.36. The van der Waals surface area contributed by atoms with E-state index in [1.165, 1.54) is 3.57 Å². The molecule has 1 fully saturated rings. The molecule has 0 spiro atoms. The second-order valence-corrected chi connectivity index (χ2v) is 4.63. The molecule has 1 aliphatic rings. The summed E-state index contributed by atoms with van der Waals surface area (Å²) in [7, 11) is 0. The van der Waals surface area contributed by atoms with Gasteiger partial charge in [0.2, 0.25) is 0 Å². The quantitative estimate of drug-likeness (QED) is 0.606. The molecular weight excluding hydrogens is 263 g/mol. The first-order valence-corrected chi connectivity index (χ1v) is 5.04. The van der Waals surface area contributed by atoms with E-state index in [1.54, 1.807) is 0 Å². The van der Waals surface area contributed by atoms with Gasteiger partial charge in [-0.3, -0.25) is 0 Å². The van der Waals surface area contributed by atoms with E-state index < -0.39 is 0 Å². The lowest BCUT2D eigenvalue weighted by molar-refractivity contribution is 0.742. The smallest absolute Gasteiger partial charge is 0.0432 e. The molecule has 4 N–H and O–H groups in total. The van der Waals surface area contributed by atoms with Gasteiger partial charge in [0.15, 0.2) is 0 Å². The van der Waals surface area contributed by atoms with Gasteiger partial charge in [-0.15, -0.1) is 0 Å². The zero-order valence-corrected chi connectivity index (χ0v) is 8.84. The maximum Gasteiger partial charge on any atom is 0.0432 e. The van der Waals surface area contributed by atoms with Gasteiger partial charge in [0, 0.05) is 14.8 Å². The molecule has 0 radical (unpaired) electrons. The molecule has 0 unspecified atom stereocenters. The molecule has 0 amide bonds. The van der Waals surface area contributed by atoms with E-state index in [1.807, 2.05) is 12.1 Å². The molecule has 0 aromatic heterocycles. The van der Waals surface area contributed by atoms with Crippen molar-refractivity contribution in [2.45, 2.75) is 18.4 Å². The summed E-state index contributed by atoms with van der Waals surface area (Å²) in [6.45, 7) is 0. The molecule has 0 saturated heterocycles. The number of nitrogens with two attached hydrogens (primary N) is 2. The minimum absolute atomic E-state index is 0.106. The van der Waals surface area contributed by atoms with Crippen LogP contribution in [0.5, 0.6) is 0 Å². The Hall–Kier alpha value is -0.290. The van der Waals surface area contributed by atoms with Gasteiger partial charge in [0.1, 0.15) is 0 Å². The predicted octanol–water partition coefficient (Wildman–Crippen LogP) is 1.82. The third-order valence-corrected chi connectivity index (χ3v) is 3.01. The highest BCUT2D eigenvalue weighted by Gasteiger charge is 2.41. The maximum atomic E-state index is 6.05. The molecule has 1 aliphatic carbocycles. The Kier molecular flexibility index (Phi) is 1.80. The fraction of sp³-hybridized carbons (Fsp3) is 0.333. The van der Waals surface area contributed by atoms with E-state index in [4.69, 9.17) is 11.5 Å². The van der Waals surface area contributed by atoms with E-state index in [2.05, 4.69) is 28.7 Å². The molecular formula is C9H11IN2. The minimum Gasteiger partial charge on any atom is -0.398 e. The van der Waals surface area contributed by atoms with Gasteiger partial charge >= 0.3 is 0 Å². The van der Waals surface area contributed by atoms with Crippen LogP contribution in [0.15, 0.2) is 18.2 Å². The van der Waals surface area contributed by atoms with Crippen molar-refractivity contribution in [3.63, 3.8) is 0 Å². The van der Waals surface area contributed by atoms with Gasteiger partial charge in [-0.2, -0.15) is 0 Å². The van der Waals surface area contributed by atoms with Gasteiger partial charge in [0.25, 0.3) is 0 Å². The summed E-state index contributed by atoms with van der Waals surface area (Å²) < 4.78 is 1.20. The first-order valence-electron chi connectivity index (χ1n) is 3.96. The molecule has 1 saturated carbocycles. The molecule has 64 valence electrons. The van der Waals surface area contributed by atoms with Gasteiger partial charge in [0.05, 0.1) is 0 Å². The Balaban J connectivity index is 2.48. The summed E-state index contributed by atoms with van der Waals surface area (Å²) in [4.78, 5) is 0. The highest BCUT2D eigenvalue weighted by molar-refractivity contribution is 14.1. The van der Waals surface area contributed by atoms with Crippen LogP contribution < -0.4 is 11.5 Å². The Bertz CT molecular complexity index is 318. The summed E-state index contributed by atoms with van der Waals surface area (Å²) in [5.74, 6) is 0. The van der Waals surface area contributed by atoms with Crippen LogP contribution in [-0.4, -0.2) is 0 Å². The topological polar surface area (TPSA) is 52.0 Å². The van der Waals surface area contributed by atoms with Crippen molar-refractivity contribution in [3.8, 4) is 0 Å². The van der Waals surface area contributed by atoms with Crippen LogP contribution in [0.1, 0.15) is 18.4 Å². The third-order valence-electron chi connectivity index (χ3n) is 2.34. The Morgan fingerprint density at radius 2 is 2.00 bits per heavy atom. The molecule has 0 heterocycles. The molecule has 0 aliphatic heterocycles. The Morgan fingerprint density at radius 1 is 1.33 bits per heavy atom. The number of nitrogen functional groups attached to an aromatic ring is 1. The molecule has 0 bridgehead atoms. The first-order chi connectivity index (χ1) is 5.62. The summed E-state index contributed by atoms with van der Waals surface area (Å²) in [6.07, 6.45) is 2.13. The zero-order valence-electron chi connectivity index (χ0n) is 6.68. The standard InChI is InChI=1S/C9H11IN2/c10-6-1-2-8(11)7(5-6)9(12)3-4-9/h1-2,5H,3-4,11-12H2. The Labute approximate surface area is 85.5 Å². The van der Waals surface area contributed by atoms with E-state index >= 15 is 0 Å². The van der Waals surface area contributed by atoms with E-state index in [0.717, 1.165) is 24.1 Å². The van der Waals surface area contributed by atoms with Crippen molar-refractivity contribution in [2.75, 3.05) is 5.73 Å². The summed E-state index contributed by atoms with van der Waals surface area (Å²) in [5, 5.41) is 0. The van der Waals surface area contributed by atoms with Crippen LogP contribution in [0, 0.1) is 3.57 Å². The minimum atomic E-state index is -0.106. The normalized spacial score (nSPS) is 19.2. The monoisotopic (exact) mass is 274 g/mol. The highest BCUT2D eigenvalue weighted by Crippen LogP contribution is 2.45. The average Bonchev–Trinajstić information content (AvgIpc) is 2.75. The van der Waals surface area contributed by atoms with Crippen molar-refractivity contribution in [2.24, 2.45) is 5.73 Å². The maximum absolute atomic E-state index is 6.05. The third kappa shape index (κ3) is 1.31. The lowest BCUT2D eigenvalue weighted by Gasteiger charge is -2.12. The van der Waals surface area contributed by atoms with Gasteiger partial charge in [-0.05, 0) is 59.2 Å². The van der Waals surface area contributed by atoms with Crippen LogP contribution in [0.3, 0.4) is 0 Å². The Morgan fingerprint density at radius 3 is 2.58 bits per heavy atom. The number of rotatable bonds is 1. The summed E-state index contributed by atoms with van der Waals surface area (Å²) >= 11 is 2.28. The number of halogens is 1. The van der Waals surface area contributed by atoms with Crippen LogP contribution in [0.4, 0.5) is 5.69 Å². The molecule has 1 aromatic carbocycles. The molecule has 2 nitrogen and oxygen atoms in total. The van der Waals surface area contributed by atoms with Gasteiger partial charge in [-0.1, -0.05) is 0 Å². The van der Waals surface area contributed by atoms with Crippen LogP contribution in [-0.2, 0) is 5.54 Å². The van der Waals surface area contributed by atoms with Crippen molar-refractivity contribution in [3.05, 3.63) is 27.3 Å². The van der Waals surface area contributed by atoms with E-state index in [-0.39, 0.29) is 5.54 Å². The van der Waals surface area contributed by atoms with Crippen molar-refractivity contribution < 1.29 is 0 Å². The predicted molar refractivity (Wildman–Crippen MR) is 58.7 cm³/mol. The first kappa shape index (κ1) is 8.31. The van der Waals surface area contributed by atoms with Gasteiger partial charge < -0.3 is 11.5 Å². The van der Waals surface area contributed by atoms with Crippen molar-refractivity contribution in [1.82, 2.24) is 0 Å². The van der Waals surface area contributed by atoms with Crippen molar-refractivity contribution >= 4 is 28.3 Å². The average molecular weight is 274 g/mol. The summed E-state index contributed by atoms with van der Waals surface area (Å²) in [6, 6.07) is 6.03. The van der Waals surface area contributed by atoms with Crippen LogP contribution in [0.2, 0.25) is 0 Å². The largest absolute Gasteiger partial charge is 0.398 e. The lowest BCUT2D eigenvalue weighted by atomic mass is 10.0. The second kappa shape index (κ2) is 2.60. The van der Waals surface area contributed by atoms with Crippen LogP contribution in [0.25, 0.3) is 0 Å². The molecule has 0 atom stereocenters. The summed E-state index contributed by atoms with van der Waals surface area (Å²) in [5.41, 5.74) is 13.7. The SMILES string of the molecule is Nc1ccc(I)cc1C1(N)CC1.